The summed E-state index contributed by atoms with van der Waals surface area (Å²) in [5.41, 5.74) is 0.825. The Labute approximate surface area is 116 Å². The second-order valence-electron chi connectivity index (χ2n) is 5.99. The molecule has 0 spiro atoms. The number of hydrogen-bond acceptors (Lipinski definition) is 2. The molecule has 2 heteroatoms. The minimum absolute atomic E-state index is 0.0270. The van der Waals surface area contributed by atoms with Gasteiger partial charge in [0.05, 0.1) is 6.04 Å². The third-order valence-electron chi connectivity index (χ3n) is 4.61. The van der Waals surface area contributed by atoms with Gasteiger partial charge in [-0.1, -0.05) is 37.3 Å². The Hall–Kier alpha value is -1.15. The standard InChI is InChI=1S/C17H25NO/c1-13-9-11-16(12-10-13)18(3)14(2)17(19)15-7-5-4-6-8-15/h4-8,13-14,16H,9-12H2,1-3H3. The molecule has 0 bridgehead atoms. The molecule has 19 heavy (non-hydrogen) atoms. The fourth-order valence-electron chi connectivity index (χ4n) is 2.99. The summed E-state index contributed by atoms with van der Waals surface area (Å²) in [7, 11) is 2.10. The Bertz CT molecular complexity index is 407. The van der Waals surface area contributed by atoms with Crippen molar-refractivity contribution in [2.45, 2.75) is 51.6 Å². The first-order valence-corrected chi connectivity index (χ1v) is 7.40. The van der Waals surface area contributed by atoms with Gasteiger partial charge in [0.2, 0.25) is 0 Å². The van der Waals surface area contributed by atoms with E-state index in [9.17, 15) is 4.79 Å². The van der Waals surface area contributed by atoms with Crippen molar-refractivity contribution in [1.82, 2.24) is 4.90 Å². The highest BCUT2D eigenvalue weighted by Crippen LogP contribution is 2.27. The highest BCUT2D eigenvalue weighted by molar-refractivity contribution is 5.99. The van der Waals surface area contributed by atoms with Crippen molar-refractivity contribution >= 4 is 5.78 Å². The van der Waals surface area contributed by atoms with Crippen molar-refractivity contribution in [2.75, 3.05) is 7.05 Å². The minimum Gasteiger partial charge on any atom is -0.294 e. The van der Waals surface area contributed by atoms with E-state index in [4.69, 9.17) is 0 Å². The SMILES string of the molecule is CC1CCC(N(C)C(C)C(=O)c2ccccc2)CC1. The number of hydrogen-bond donors (Lipinski definition) is 0. The first kappa shape index (κ1) is 14.3. The topological polar surface area (TPSA) is 20.3 Å². The molecule has 0 saturated heterocycles. The molecule has 1 saturated carbocycles. The molecule has 104 valence electrons. The van der Waals surface area contributed by atoms with Crippen molar-refractivity contribution < 1.29 is 4.79 Å². The molecule has 1 unspecified atom stereocenters. The second kappa shape index (κ2) is 6.33. The maximum atomic E-state index is 12.5. The number of benzene rings is 1. The van der Waals surface area contributed by atoms with E-state index >= 15 is 0 Å². The summed E-state index contributed by atoms with van der Waals surface area (Å²) in [4.78, 5) is 14.7. The Kier molecular flexibility index (Phi) is 4.76. The zero-order valence-electron chi connectivity index (χ0n) is 12.3. The second-order valence-corrected chi connectivity index (χ2v) is 5.99. The third kappa shape index (κ3) is 3.44. The number of carbonyl (C=O) groups is 1. The van der Waals surface area contributed by atoms with Gasteiger partial charge < -0.3 is 0 Å². The summed E-state index contributed by atoms with van der Waals surface area (Å²) in [6, 6.07) is 10.2. The van der Waals surface area contributed by atoms with E-state index in [1.54, 1.807) is 0 Å². The normalized spacial score (nSPS) is 25.3. The highest BCUT2D eigenvalue weighted by atomic mass is 16.1. The molecule has 1 aliphatic carbocycles. The van der Waals surface area contributed by atoms with Crippen LogP contribution in [0, 0.1) is 5.92 Å². The fraction of sp³-hybridized carbons (Fsp3) is 0.588. The predicted octanol–water partition coefficient (Wildman–Crippen LogP) is 3.77. The van der Waals surface area contributed by atoms with Gasteiger partial charge in [-0.2, -0.15) is 0 Å². The van der Waals surface area contributed by atoms with E-state index < -0.39 is 0 Å². The molecule has 0 aliphatic heterocycles. The van der Waals surface area contributed by atoms with Crippen LogP contribution in [0.1, 0.15) is 49.9 Å². The molecule has 2 nitrogen and oxygen atoms in total. The molecule has 1 aromatic rings. The summed E-state index contributed by atoms with van der Waals surface area (Å²) in [6.07, 6.45) is 5.04. The molecule has 1 fully saturated rings. The zero-order valence-corrected chi connectivity index (χ0v) is 12.3. The summed E-state index contributed by atoms with van der Waals surface area (Å²) in [6.45, 7) is 4.36. The molecule has 0 amide bonds. The lowest BCUT2D eigenvalue weighted by Crippen LogP contribution is -2.44. The Morgan fingerprint density at radius 1 is 1.16 bits per heavy atom. The van der Waals surface area contributed by atoms with Crippen LogP contribution in [-0.2, 0) is 0 Å². The van der Waals surface area contributed by atoms with Gasteiger partial charge in [-0.05, 0) is 45.6 Å². The zero-order chi connectivity index (χ0) is 13.8. The Balaban J connectivity index is 1.99. The van der Waals surface area contributed by atoms with Crippen LogP contribution < -0.4 is 0 Å². The van der Waals surface area contributed by atoms with Gasteiger partial charge in [0, 0.05) is 11.6 Å². The molecular weight excluding hydrogens is 234 g/mol. The maximum absolute atomic E-state index is 12.5. The van der Waals surface area contributed by atoms with Crippen LogP contribution >= 0.6 is 0 Å². The quantitative estimate of drug-likeness (QED) is 0.767. The predicted molar refractivity (Wildman–Crippen MR) is 79.4 cm³/mol. The number of rotatable bonds is 4. The highest BCUT2D eigenvalue weighted by Gasteiger charge is 2.28. The maximum Gasteiger partial charge on any atom is 0.179 e. The van der Waals surface area contributed by atoms with Crippen LogP contribution in [0.2, 0.25) is 0 Å². The van der Waals surface area contributed by atoms with Crippen molar-refractivity contribution in [3.63, 3.8) is 0 Å². The Morgan fingerprint density at radius 2 is 1.74 bits per heavy atom. The van der Waals surface area contributed by atoms with Gasteiger partial charge >= 0.3 is 0 Å². The summed E-state index contributed by atoms with van der Waals surface area (Å²) >= 11 is 0. The van der Waals surface area contributed by atoms with Gasteiger partial charge in [-0.3, -0.25) is 9.69 Å². The summed E-state index contributed by atoms with van der Waals surface area (Å²) in [5, 5.41) is 0. The average molecular weight is 259 g/mol. The summed E-state index contributed by atoms with van der Waals surface area (Å²) < 4.78 is 0. The van der Waals surface area contributed by atoms with Crippen LogP contribution in [0.15, 0.2) is 30.3 Å². The molecule has 2 rings (SSSR count). The van der Waals surface area contributed by atoms with Gasteiger partial charge in [0.25, 0.3) is 0 Å². The monoisotopic (exact) mass is 259 g/mol. The molecule has 1 atom stereocenters. The van der Waals surface area contributed by atoms with Gasteiger partial charge in [-0.25, -0.2) is 0 Å². The number of carbonyl (C=O) groups excluding carboxylic acids is 1. The average Bonchev–Trinajstić information content (AvgIpc) is 2.46. The van der Waals surface area contributed by atoms with Crippen molar-refractivity contribution in [3.05, 3.63) is 35.9 Å². The molecule has 1 aromatic carbocycles. The molecular formula is C17H25NO. The van der Waals surface area contributed by atoms with Crippen LogP contribution in [0.4, 0.5) is 0 Å². The van der Waals surface area contributed by atoms with Crippen LogP contribution in [0.5, 0.6) is 0 Å². The number of ketones is 1. The largest absolute Gasteiger partial charge is 0.294 e. The third-order valence-corrected chi connectivity index (χ3v) is 4.61. The van der Waals surface area contributed by atoms with E-state index in [2.05, 4.69) is 18.9 Å². The van der Waals surface area contributed by atoms with E-state index in [0.717, 1.165) is 11.5 Å². The molecule has 0 heterocycles. The molecule has 0 aromatic heterocycles. The van der Waals surface area contributed by atoms with Crippen molar-refractivity contribution in [1.29, 1.82) is 0 Å². The van der Waals surface area contributed by atoms with Crippen molar-refractivity contribution in [2.24, 2.45) is 5.92 Å². The first-order valence-electron chi connectivity index (χ1n) is 7.40. The van der Waals surface area contributed by atoms with Gasteiger partial charge in [-0.15, -0.1) is 0 Å². The molecule has 0 N–H and O–H groups in total. The molecule has 1 aliphatic rings. The lowest BCUT2D eigenvalue weighted by atomic mass is 9.86. The van der Waals surface area contributed by atoms with Gasteiger partial charge in [0.1, 0.15) is 0 Å². The lowest BCUT2D eigenvalue weighted by Gasteiger charge is -2.36. The van der Waals surface area contributed by atoms with Crippen LogP contribution in [0.3, 0.4) is 0 Å². The van der Waals surface area contributed by atoms with Gasteiger partial charge in [0.15, 0.2) is 5.78 Å². The molecule has 0 radical (unpaired) electrons. The minimum atomic E-state index is -0.0270. The Morgan fingerprint density at radius 3 is 2.32 bits per heavy atom. The number of likely N-dealkylation sites (N-methyl/N-ethyl adjacent to an activating group) is 1. The summed E-state index contributed by atoms with van der Waals surface area (Å²) in [5.74, 6) is 1.09. The van der Waals surface area contributed by atoms with E-state index in [0.29, 0.717) is 6.04 Å². The smallest absolute Gasteiger partial charge is 0.179 e. The number of Topliss-reactive ketones (excluding diaryl/α,β-unsaturated/α-hetero) is 1. The fourth-order valence-corrected chi connectivity index (χ4v) is 2.99. The van der Waals surface area contributed by atoms with Crippen LogP contribution in [0.25, 0.3) is 0 Å². The van der Waals surface area contributed by atoms with Crippen LogP contribution in [-0.4, -0.2) is 29.8 Å². The first-order chi connectivity index (χ1) is 9.09. The van der Waals surface area contributed by atoms with E-state index in [1.807, 2.05) is 37.3 Å². The van der Waals surface area contributed by atoms with Crippen molar-refractivity contribution in [3.8, 4) is 0 Å². The lowest BCUT2D eigenvalue weighted by molar-refractivity contribution is 0.0758. The number of nitrogens with zero attached hydrogens (tertiary/aromatic N) is 1. The van der Waals surface area contributed by atoms with E-state index in [1.165, 1.54) is 25.7 Å². The van der Waals surface area contributed by atoms with E-state index in [-0.39, 0.29) is 11.8 Å².